The van der Waals surface area contributed by atoms with Crippen molar-refractivity contribution in [3.8, 4) is 0 Å². The first-order valence-corrected chi connectivity index (χ1v) is 12.7. The zero-order valence-electron chi connectivity index (χ0n) is 17.4. The second-order valence-electron chi connectivity index (χ2n) is 7.31. The summed E-state index contributed by atoms with van der Waals surface area (Å²) in [6.07, 6.45) is 5.94. The normalized spacial score (nSPS) is 21.3. The predicted molar refractivity (Wildman–Crippen MR) is 130 cm³/mol. The average Bonchev–Trinajstić information content (AvgIpc) is 3.30. The van der Waals surface area contributed by atoms with Gasteiger partial charge in [-0.1, -0.05) is 6.07 Å². The highest BCUT2D eigenvalue weighted by molar-refractivity contribution is 14.0. The molecule has 11 heteroatoms. The van der Waals surface area contributed by atoms with Gasteiger partial charge in [0, 0.05) is 39.8 Å². The van der Waals surface area contributed by atoms with E-state index in [1.54, 1.807) is 24.6 Å². The van der Waals surface area contributed by atoms with E-state index in [1.807, 2.05) is 0 Å². The van der Waals surface area contributed by atoms with Crippen LogP contribution >= 0.6 is 35.3 Å². The second-order valence-corrected chi connectivity index (χ2v) is 10.3. The van der Waals surface area contributed by atoms with Crippen molar-refractivity contribution < 1.29 is 17.9 Å². The highest BCUT2D eigenvalue weighted by Gasteiger charge is 2.24. The van der Waals surface area contributed by atoms with E-state index < -0.39 is 10.0 Å². The van der Waals surface area contributed by atoms with Crippen LogP contribution in [0.25, 0.3) is 0 Å². The summed E-state index contributed by atoms with van der Waals surface area (Å²) in [5, 5.41) is 5.00. The van der Waals surface area contributed by atoms with Crippen LogP contribution in [0.1, 0.15) is 32.1 Å². The molecule has 30 heavy (non-hydrogen) atoms. The molecule has 172 valence electrons. The Morgan fingerprint density at radius 2 is 2.10 bits per heavy atom. The maximum atomic E-state index is 12.1. The first kappa shape index (κ1) is 25.8. The number of sulfonamides is 1. The molecule has 1 aromatic heterocycles. The molecular formula is C19H33IN4O4S2. The zero-order chi connectivity index (χ0) is 20.5. The number of thiophene rings is 1. The van der Waals surface area contributed by atoms with Crippen molar-refractivity contribution in [3.05, 3.63) is 17.5 Å². The van der Waals surface area contributed by atoms with Crippen molar-refractivity contribution in [2.75, 3.05) is 46.4 Å². The summed E-state index contributed by atoms with van der Waals surface area (Å²) in [5.74, 6) is 0.800. The third-order valence-corrected chi connectivity index (χ3v) is 8.06. The molecule has 1 unspecified atom stereocenters. The summed E-state index contributed by atoms with van der Waals surface area (Å²) in [5.41, 5.74) is 0. The molecule has 2 fully saturated rings. The molecule has 0 radical (unpaired) electrons. The van der Waals surface area contributed by atoms with Crippen molar-refractivity contribution in [1.82, 2.24) is 14.9 Å². The second kappa shape index (κ2) is 13.2. The Morgan fingerprint density at radius 1 is 1.30 bits per heavy atom. The highest BCUT2D eigenvalue weighted by Crippen LogP contribution is 2.18. The van der Waals surface area contributed by atoms with E-state index in [0.29, 0.717) is 23.9 Å². The molecular weight excluding hydrogens is 539 g/mol. The Hall–Kier alpha value is -0.470. The number of nitrogens with zero attached hydrogens (tertiary/aromatic N) is 2. The number of nitrogens with one attached hydrogen (secondary N) is 2. The SMILES string of the molecule is CN=C(NCCNS(=O)(=O)c1cccs1)N1CCC(OCC2CCCCO2)CC1.I. The number of rotatable bonds is 8. The molecule has 2 N–H and O–H groups in total. The molecule has 0 aliphatic carbocycles. The van der Waals surface area contributed by atoms with Gasteiger partial charge >= 0.3 is 0 Å². The molecule has 1 atom stereocenters. The molecule has 0 saturated carbocycles. The van der Waals surface area contributed by atoms with Gasteiger partial charge in [-0.2, -0.15) is 0 Å². The summed E-state index contributed by atoms with van der Waals surface area (Å²) in [6.45, 7) is 4.08. The first-order chi connectivity index (χ1) is 14.1. The Morgan fingerprint density at radius 3 is 2.73 bits per heavy atom. The van der Waals surface area contributed by atoms with E-state index in [1.165, 1.54) is 17.8 Å². The van der Waals surface area contributed by atoms with Crippen molar-refractivity contribution in [2.24, 2.45) is 4.99 Å². The van der Waals surface area contributed by atoms with E-state index in [9.17, 15) is 8.42 Å². The Kier molecular flexibility index (Phi) is 11.3. The predicted octanol–water partition coefficient (Wildman–Crippen LogP) is 2.27. The van der Waals surface area contributed by atoms with Gasteiger partial charge in [-0.25, -0.2) is 13.1 Å². The molecule has 0 aromatic carbocycles. The number of hydrogen-bond donors (Lipinski definition) is 2. The molecule has 3 rings (SSSR count). The Balaban J connectivity index is 0.00000320. The van der Waals surface area contributed by atoms with Gasteiger partial charge in [-0.3, -0.25) is 4.99 Å². The lowest BCUT2D eigenvalue weighted by atomic mass is 10.1. The molecule has 8 nitrogen and oxygen atoms in total. The third-order valence-electron chi connectivity index (χ3n) is 5.21. The first-order valence-electron chi connectivity index (χ1n) is 10.3. The maximum Gasteiger partial charge on any atom is 0.250 e. The molecule has 0 amide bonds. The van der Waals surface area contributed by atoms with Gasteiger partial charge in [0.1, 0.15) is 4.21 Å². The van der Waals surface area contributed by atoms with Gasteiger partial charge in [0.25, 0.3) is 0 Å². The fourth-order valence-electron chi connectivity index (χ4n) is 3.60. The summed E-state index contributed by atoms with van der Waals surface area (Å²) in [6, 6.07) is 3.33. The number of ether oxygens (including phenoxy) is 2. The van der Waals surface area contributed by atoms with Crippen LogP contribution in [0, 0.1) is 0 Å². The number of guanidine groups is 1. The molecule has 2 aliphatic rings. The molecule has 0 spiro atoms. The fourth-order valence-corrected chi connectivity index (χ4v) is 5.67. The van der Waals surface area contributed by atoms with Gasteiger partial charge in [0.15, 0.2) is 5.96 Å². The Labute approximate surface area is 200 Å². The number of hydrogen-bond acceptors (Lipinski definition) is 6. The minimum atomic E-state index is -3.42. The van der Waals surface area contributed by atoms with Crippen molar-refractivity contribution in [3.63, 3.8) is 0 Å². The van der Waals surface area contributed by atoms with E-state index in [4.69, 9.17) is 9.47 Å². The Bertz CT molecular complexity index is 732. The number of halogens is 1. The van der Waals surface area contributed by atoms with Crippen LogP contribution in [0.3, 0.4) is 0 Å². The lowest BCUT2D eigenvalue weighted by molar-refractivity contribution is -0.0721. The molecule has 1 aromatic rings. The highest BCUT2D eigenvalue weighted by atomic mass is 127. The third kappa shape index (κ3) is 7.90. The number of piperidine rings is 1. The molecule has 0 bridgehead atoms. The molecule has 2 aliphatic heterocycles. The van der Waals surface area contributed by atoms with Crippen molar-refractivity contribution in [1.29, 1.82) is 0 Å². The smallest absolute Gasteiger partial charge is 0.250 e. The van der Waals surface area contributed by atoms with Crippen LogP contribution < -0.4 is 10.0 Å². The average molecular weight is 573 g/mol. The largest absolute Gasteiger partial charge is 0.376 e. The number of aliphatic imine (C=N–C) groups is 1. The summed E-state index contributed by atoms with van der Waals surface area (Å²) in [7, 11) is -1.67. The van der Waals surface area contributed by atoms with Crippen LogP contribution in [0.5, 0.6) is 0 Å². The fraction of sp³-hybridized carbons (Fsp3) is 0.737. The zero-order valence-corrected chi connectivity index (χ0v) is 21.4. The van der Waals surface area contributed by atoms with Crippen LogP contribution in [-0.4, -0.2) is 77.9 Å². The van der Waals surface area contributed by atoms with Crippen LogP contribution in [0.2, 0.25) is 0 Å². The standard InChI is InChI=1S/C19H32N4O4S2.HI/c1-20-19(21-9-10-22-29(24,25)18-6-4-14-28-18)23-11-7-16(8-12-23)27-15-17-5-2-3-13-26-17;/h4,6,14,16-17,22H,2-3,5,7-13,15H2,1H3,(H,20,21);1H. The monoisotopic (exact) mass is 572 g/mol. The van der Waals surface area contributed by atoms with Crippen LogP contribution in [0.4, 0.5) is 0 Å². The maximum absolute atomic E-state index is 12.1. The van der Waals surface area contributed by atoms with Gasteiger partial charge in [0.2, 0.25) is 10.0 Å². The molecule has 3 heterocycles. The minimum Gasteiger partial charge on any atom is -0.376 e. The number of likely N-dealkylation sites (tertiary alicyclic amines) is 1. The topological polar surface area (TPSA) is 92.3 Å². The van der Waals surface area contributed by atoms with E-state index >= 15 is 0 Å². The van der Waals surface area contributed by atoms with Crippen LogP contribution in [-0.2, 0) is 19.5 Å². The summed E-state index contributed by atoms with van der Waals surface area (Å²) < 4.78 is 39.0. The van der Waals surface area contributed by atoms with Gasteiger partial charge in [-0.15, -0.1) is 35.3 Å². The summed E-state index contributed by atoms with van der Waals surface area (Å²) in [4.78, 5) is 6.53. The van der Waals surface area contributed by atoms with E-state index in [0.717, 1.165) is 51.3 Å². The van der Waals surface area contributed by atoms with Crippen molar-refractivity contribution in [2.45, 2.75) is 48.5 Å². The van der Waals surface area contributed by atoms with Gasteiger partial charge in [-0.05, 0) is 43.6 Å². The van der Waals surface area contributed by atoms with E-state index in [-0.39, 0.29) is 36.2 Å². The minimum absolute atomic E-state index is 0. The lowest BCUT2D eigenvalue weighted by Crippen LogP contribution is -2.48. The van der Waals surface area contributed by atoms with E-state index in [2.05, 4.69) is 19.9 Å². The molecule has 2 saturated heterocycles. The summed E-state index contributed by atoms with van der Waals surface area (Å²) >= 11 is 1.21. The van der Waals surface area contributed by atoms with Gasteiger partial charge < -0.3 is 19.7 Å². The van der Waals surface area contributed by atoms with Crippen molar-refractivity contribution >= 4 is 51.3 Å². The quantitative estimate of drug-likeness (QED) is 0.215. The van der Waals surface area contributed by atoms with Gasteiger partial charge in [0.05, 0.1) is 18.8 Å². The lowest BCUT2D eigenvalue weighted by Gasteiger charge is -2.35. The van der Waals surface area contributed by atoms with Crippen LogP contribution in [0.15, 0.2) is 26.7 Å².